The molecule has 0 bridgehead atoms. The maximum Gasteiger partial charge on any atom is 0.573 e. The highest BCUT2D eigenvalue weighted by Gasteiger charge is 2.43. The number of nitrogens with zero attached hydrogens (tertiary/aromatic N) is 1. The molecule has 30 heavy (non-hydrogen) atoms. The fraction of sp³-hybridized carbons (Fsp3) is 0.478. The van der Waals surface area contributed by atoms with Gasteiger partial charge < -0.3 is 20.1 Å². The topological polar surface area (TPSA) is 44.7 Å². The molecule has 4 nitrogen and oxygen atoms in total. The second-order valence-corrected chi connectivity index (χ2v) is 8.26. The fourth-order valence-electron chi connectivity index (χ4n) is 4.41. The smallest absolute Gasteiger partial charge is 0.406 e. The average Bonchev–Trinajstić information content (AvgIpc) is 2.70. The highest BCUT2D eigenvalue weighted by atomic mass is 19.4. The molecule has 0 spiro atoms. The molecule has 162 valence electrons. The summed E-state index contributed by atoms with van der Waals surface area (Å²) in [4.78, 5) is 2.39. The molecule has 1 aliphatic carbocycles. The number of piperazine rings is 1. The lowest BCUT2D eigenvalue weighted by Gasteiger charge is -2.46. The first-order valence-corrected chi connectivity index (χ1v) is 10.4. The van der Waals surface area contributed by atoms with Crippen molar-refractivity contribution in [3.63, 3.8) is 0 Å². The summed E-state index contributed by atoms with van der Waals surface area (Å²) in [7, 11) is 0. The van der Waals surface area contributed by atoms with Crippen LogP contribution in [0.15, 0.2) is 48.5 Å². The van der Waals surface area contributed by atoms with Crippen LogP contribution in [-0.4, -0.2) is 54.7 Å². The zero-order chi connectivity index (χ0) is 21.2. The van der Waals surface area contributed by atoms with Crippen LogP contribution in [0.5, 0.6) is 5.75 Å². The van der Waals surface area contributed by atoms with Gasteiger partial charge in [0.25, 0.3) is 0 Å². The van der Waals surface area contributed by atoms with Gasteiger partial charge in [0.05, 0.1) is 5.60 Å². The van der Waals surface area contributed by atoms with Gasteiger partial charge >= 0.3 is 6.36 Å². The summed E-state index contributed by atoms with van der Waals surface area (Å²) in [5.74, 6) is -0.206. The minimum atomic E-state index is -4.71. The number of benzene rings is 2. The molecule has 2 N–H and O–H groups in total. The van der Waals surface area contributed by atoms with E-state index in [4.69, 9.17) is 0 Å². The standard InChI is InChI=1S/C23H27F3N2O2/c24-23(25,26)30-20-4-1-3-19(15-20)17-5-7-18(8-6-17)21(22(29)9-2-10-22)16-28-13-11-27-12-14-28/h1,3-8,15,21,27,29H,2,9-14,16H2. The van der Waals surface area contributed by atoms with Crippen LogP contribution in [0, 0.1) is 0 Å². The van der Waals surface area contributed by atoms with E-state index >= 15 is 0 Å². The minimum Gasteiger partial charge on any atom is -0.406 e. The number of rotatable bonds is 6. The third kappa shape index (κ3) is 4.96. The molecule has 2 fully saturated rings. The summed E-state index contributed by atoms with van der Waals surface area (Å²) >= 11 is 0. The van der Waals surface area contributed by atoms with Crippen LogP contribution in [0.1, 0.15) is 30.7 Å². The number of alkyl halides is 3. The van der Waals surface area contributed by atoms with Gasteiger partial charge in [0.1, 0.15) is 5.75 Å². The van der Waals surface area contributed by atoms with Crippen LogP contribution in [0.25, 0.3) is 11.1 Å². The van der Waals surface area contributed by atoms with Gasteiger partial charge in [0, 0.05) is 38.6 Å². The highest BCUT2D eigenvalue weighted by Crippen LogP contribution is 2.44. The maximum absolute atomic E-state index is 12.5. The SMILES string of the molecule is OC1(C(CN2CCNCC2)c2ccc(-c3cccc(OC(F)(F)F)c3)cc2)CCC1. The van der Waals surface area contributed by atoms with Crippen LogP contribution in [0.4, 0.5) is 13.2 Å². The van der Waals surface area contributed by atoms with E-state index in [9.17, 15) is 18.3 Å². The molecule has 1 unspecified atom stereocenters. The molecular weight excluding hydrogens is 393 g/mol. The second kappa shape index (κ2) is 8.57. The van der Waals surface area contributed by atoms with Crippen LogP contribution in [-0.2, 0) is 0 Å². The Morgan fingerprint density at radius 3 is 2.33 bits per heavy atom. The van der Waals surface area contributed by atoms with Crippen molar-refractivity contribution >= 4 is 0 Å². The first kappa shape index (κ1) is 21.2. The number of hydrogen-bond acceptors (Lipinski definition) is 4. The Bertz CT molecular complexity index is 844. The van der Waals surface area contributed by atoms with Crippen LogP contribution in [0.3, 0.4) is 0 Å². The predicted octanol–water partition coefficient (Wildman–Crippen LogP) is 4.16. The lowest BCUT2D eigenvalue weighted by Crippen LogP contribution is -2.51. The Kier molecular flexibility index (Phi) is 6.04. The van der Waals surface area contributed by atoms with E-state index in [1.54, 1.807) is 12.1 Å². The van der Waals surface area contributed by atoms with Crippen LogP contribution in [0.2, 0.25) is 0 Å². The van der Waals surface area contributed by atoms with E-state index in [0.29, 0.717) is 5.56 Å². The molecular formula is C23H27F3N2O2. The molecule has 1 saturated carbocycles. The van der Waals surface area contributed by atoms with E-state index in [-0.39, 0.29) is 11.7 Å². The van der Waals surface area contributed by atoms with Crippen LogP contribution >= 0.6 is 0 Å². The van der Waals surface area contributed by atoms with Crippen molar-refractivity contribution in [3.05, 3.63) is 54.1 Å². The summed E-state index contributed by atoms with van der Waals surface area (Å²) in [5, 5.41) is 14.5. The largest absolute Gasteiger partial charge is 0.573 e. The average molecular weight is 420 g/mol. The Hall–Kier alpha value is -2.09. The number of ether oxygens (including phenoxy) is 1. The molecule has 7 heteroatoms. The van der Waals surface area contributed by atoms with Crippen molar-refractivity contribution in [2.45, 2.75) is 37.1 Å². The Morgan fingerprint density at radius 2 is 1.73 bits per heavy atom. The van der Waals surface area contributed by atoms with Gasteiger partial charge in [-0.1, -0.05) is 36.4 Å². The monoisotopic (exact) mass is 420 g/mol. The first-order chi connectivity index (χ1) is 14.3. The molecule has 1 saturated heterocycles. The molecule has 1 atom stereocenters. The zero-order valence-electron chi connectivity index (χ0n) is 16.8. The Labute approximate surface area is 174 Å². The summed E-state index contributed by atoms with van der Waals surface area (Å²) in [6.45, 7) is 4.67. The third-order valence-electron chi connectivity index (χ3n) is 6.23. The van der Waals surface area contributed by atoms with Gasteiger partial charge in [-0.15, -0.1) is 13.2 Å². The van der Waals surface area contributed by atoms with Crippen molar-refractivity contribution < 1.29 is 23.0 Å². The summed E-state index contributed by atoms with van der Waals surface area (Å²) in [6, 6.07) is 13.8. The van der Waals surface area contributed by atoms with Gasteiger partial charge in [-0.05, 0) is 48.1 Å². The number of nitrogens with one attached hydrogen (secondary N) is 1. The fourth-order valence-corrected chi connectivity index (χ4v) is 4.41. The normalized spacial score (nSPS) is 20.4. The number of aliphatic hydroxyl groups is 1. The van der Waals surface area contributed by atoms with Gasteiger partial charge in [0.2, 0.25) is 0 Å². The van der Waals surface area contributed by atoms with Crippen molar-refractivity contribution in [1.29, 1.82) is 0 Å². The summed E-state index contributed by atoms with van der Waals surface area (Å²) in [5.41, 5.74) is 1.87. The van der Waals surface area contributed by atoms with E-state index in [0.717, 1.165) is 63.1 Å². The van der Waals surface area contributed by atoms with E-state index in [2.05, 4.69) is 15.0 Å². The third-order valence-corrected chi connectivity index (χ3v) is 6.23. The number of hydrogen-bond donors (Lipinski definition) is 2. The van der Waals surface area contributed by atoms with Crippen molar-refractivity contribution in [2.75, 3.05) is 32.7 Å². The van der Waals surface area contributed by atoms with Crippen molar-refractivity contribution in [1.82, 2.24) is 10.2 Å². The van der Waals surface area contributed by atoms with Crippen molar-refractivity contribution in [2.24, 2.45) is 0 Å². The maximum atomic E-state index is 12.5. The zero-order valence-corrected chi connectivity index (χ0v) is 16.8. The lowest BCUT2D eigenvalue weighted by molar-refractivity contribution is -0.274. The Morgan fingerprint density at radius 1 is 1.03 bits per heavy atom. The van der Waals surface area contributed by atoms with Gasteiger partial charge in [-0.2, -0.15) is 0 Å². The molecule has 1 heterocycles. The summed E-state index contributed by atoms with van der Waals surface area (Å²) in [6.07, 6.45) is -2.05. The van der Waals surface area contributed by atoms with Gasteiger partial charge in [-0.3, -0.25) is 0 Å². The Balaban J connectivity index is 1.54. The van der Waals surface area contributed by atoms with Crippen molar-refractivity contribution in [3.8, 4) is 16.9 Å². The molecule has 0 radical (unpaired) electrons. The minimum absolute atomic E-state index is 0.0262. The number of halogens is 3. The quantitative estimate of drug-likeness (QED) is 0.737. The van der Waals surface area contributed by atoms with Crippen LogP contribution < -0.4 is 10.1 Å². The molecule has 1 aliphatic heterocycles. The molecule has 2 aromatic carbocycles. The van der Waals surface area contributed by atoms with E-state index in [1.807, 2.05) is 24.3 Å². The molecule has 0 amide bonds. The second-order valence-electron chi connectivity index (χ2n) is 8.26. The molecule has 2 aliphatic rings. The lowest BCUT2D eigenvalue weighted by atomic mass is 9.68. The van der Waals surface area contributed by atoms with E-state index in [1.165, 1.54) is 12.1 Å². The van der Waals surface area contributed by atoms with Gasteiger partial charge in [-0.25, -0.2) is 0 Å². The predicted molar refractivity (Wildman–Crippen MR) is 109 cm³/mol. The molecule has 2 aromatic rings. The summed E-state index contributed by atoms with van der Waals surface area (Å²) < 4.78 is 41.6. The highest BCUT2D eigenvalue weighted by molar-refractivity contribution is 5.65. The van der Waals surface area contributed by atoms with E-state index < -0.39 is 12.0 Å². The molecule has 0 aromatic heterocycles. The molecule has 4 rings (SSSR count). The first-order valence-electron chi connectivity index (χ1n) is 10.4. The van der Waals surface area contributed by atoms with Gasteiger partial charge in [0.15, 0.2) is 0 Å².